The van der Waals surface area contributed by atoms with Crippen LogP contribution in [0.3, 0.4) is 0 Å². The van der Waals surface area contributed by atoms with Gasteiger partial charge in [0, 0.05) is 13.1 Å². The zero-order chi connectivity index (χ0) is 14.6. The number of ether oxygens (including phenoxy) is 1. The summed E-state index contributed by atoms with van der Waals surface area (Å²) in [4.78, 5) is 24.7. The van der Waals surface area contributed by atoms with Gasteiger partial charge < -0.3 is 15.4 Å². The molecule has 1 aromatic carbocycles. The monoisotopic (exact) mass is 268 g/mol. The molecule has 0 saturated heterocycles. The summed E-state index contributed by atoms with van der Waals surface area (Å²) >= 11 is 0. The lowest BCUT2D eigenvalue weighted by Crippen LogP contribution is -2.36. The third-order valence-corrected chi connectivity index (χ3v) is 2.73. The Balaban J connectivity index is 2.61. The first-order valence-corrected chi connectivity index (χ1v) is 5.80. The van der Waals surface area contributed by atoms with Gasteiger partial charge in [0.05, 0.1) is 11.3 Å². The molecule has 5 nitrogen and oxygen atoms in total. The quantitative estimate of drug-likeness (QED) is 0.662. The highest BCUT2D eigenvalue weighted by Crippen LogP contribution is 2.13. The van der Waals surface area contributed by atoms with Crippen molar-refractivity contribution in [3.63, 3.8) is 0 Å². The Morgan fingerprint density at radius 3 is 2.58 bits per heavy atom. The number of rotatable bonds is 4. The third kappa shape index (κ3) is 3.94. The lowest BCUT2D eigenvalue weighted by Gasteiger charge is -2.21. The maximum atomic E-state index is 12.9. The summed E-state index contributed by atoms with van der Waals surface area (Å²) in [6.45, 7) is 3.34. The first-order chi connectivity index (χ1) is 8.82. The zero-order valence-electron chi connectivity index (χ0n) is 11.1. The van der Waals surface area contributed by atoms with E-state index in [4.69, 9.17) is 10.5 Å². The van der Waals surface area contributed by atoms with Gasteiger partial charge >= 0.3 is 5.97 Å². The van der Waals surface area contributed by atoms with Crippen molar-refractivity contribution in [3.8, 4) is 0 Å². The van der Waals surface area contributed by atoms with Crippen LogP contribution in [0.5, 0.6) is 0 Å². The van der Waals surface area contributed by atoms with Crippen LogP contribution in [0.1, 0.15) is 24.2 Å². The van der Waals surface area contributed by atoms with E-state index < -0.39 is 11.8 Å². The van der Waals surface area contributed by atoms with Crippen molar-refractivity contribution in [3.05, 3.63) is 29.6 Å². The highest BCUT2D eigenvalue weighted by molar-refractivity contribution is 5.92. The van der Waals surface area contributed by atoms with Crippen molar-refractivity contribution in [2.24, 2.45) is 0 Å². The topological polar surface area (TPSA) is 72.6 Å². The molecule has 0 aromatic heterocycles. The van der Waals surface area contributed by atoms with Crippen LogP contribution in [0.2, 0.25) is 0 Å². The van der Waals surface area contributed by atoms with E-state index in [2.05, 4.69) is 0 Å². The fourth-order valence-electron chi connectivity index (χ4n) is 1.27. The smallest absolute Gasteiger partial charge is 0.338 e. The molecule has 6 heteroatoms. The molecular formula is C13H17FN2O3. The largest absolute Gasteiger partial charge is 0.452 e. The van der Waals surface area contributed by atoms with Gasteiger partial charge in [-0.2, -0.15) is 0 Å². The van der Waals surface area contributed by atoms with Crippen LogP contribution >= 0.6 is 0 Å². The van der Waals surface area contributed by atoms with Crippen molar-refractivity contribution in [1.82, 2.24) is 4.90 Å². The Morgan fingerprint density at radius 2 is 2.05 bits per heavy atom. The van der Waals surface area contributed by atoms with Gasteiger partial charge in [0.25, 0.3) is 5.91 Å². The van der Waals surface area contributed by atoms with Gasteiger partial charge in [0.15, 0.2) is 6.61 Å². The number of hydrogen-bond donors (Lipinski definition) is 1. The fourth-order valence-corrected chi connectivity index (χ4v) is 1.27. The highest BCUT2D eigenvalue weighted by Gasteiger charge is 2.15. The molecule has 1 aromatic rings. The standard InChI is InChI=1S/C13H17FN2O3/c1-8(2)16(3)12(17)7-19-13(18)9-4-5-10(14)11(15)6-9/h4-6,8H,7,15H2,1-3H3. The number of benzene rings is 1. The van der Waals surface area contributed by atoms with E-state index in [0.717, 1.165) is 6.07 Å². The summed E-state index contributed by atoms with van der Waals surface area (Å²) in [6.07, 6.45) is 0. The van der Waals surface area contributed by atoms with Gasteiger partial charge in [-0.15, -0.1) is 0 Å². The minimum Gasteiger partial charge on any atom is -0.452 e. The maximum absolute atomic E-state index is 12.9. The number of carbonyl (C=O) groups excluding carboxylic acids is 2. The summed E-state index contributed by atoms with van der Waals surface area (Å²) in [6, 6.07) is 3.53. The van der Waals surface area contributed by atoms with E-state index in [-0.39, 0.29) is 29.8 Å². The van der Waals surface area contributed by atoms with Crippen molar-refractivity contribution in [2.75, 3.05) is 19.4 Å². The number of likely N-dealkylation sites (N-methyl/N-ethyl adjacent to an activating group) is 1. The lowest BCUT2D eigenvalue weighted by molar-refractivity contribution is -0.134. The first-order valence-electron chi connectivity index (χ1n) is 5.80. The molecular weight excluding hydrogens is 251 g/mol. The fraction of sp³-hybridized carbons (Fsp3) is 0.385. The van der Waals surface area contributed by atoms with E-state index in [1.807, 2.05) is 13.8 Å². The van der Waals surface area contributed by atoms with Gasteiger partial charge in [-0.1, -0.05) is 0 Å². The molecule has 0 aliphatic heterocycles. The number of carbonyl (C=O) groups is 2. The zero-order valence-corrected chi connectivity index (χ0v) is 11.1. The van der Waals surface area contributed by atoms with Crippen LogP contribution < -0.4 is 5.73 Å². The van der Waals surface area contributed by atoms with Crippen LogP contribution in [0, 0.1) is 5.82 Å². The van der Waals surface area contributed by atoms with Crippen molar-refractivity contribution in [2.45, 2.75) is 19.9 Å². The number of anilines is 1. The van der Waals surface area contributed by atoms with Gasteiger partial charge in [-0.25, -0.2) is 9.18 Å². The molecule has 0 bridgehead atoms. The molecule has 0 spiro atoms. The van der Waals surface area contributed by atoms with Crippen molar-refractivity contribution < 1.29 is 18.7 Å². The van der Waals surface area contributed by atoms with E-state index in [1.54, 1.807) is 7.05 Å². The molecule has 0 heterocycles. The normalized spacial score (nSPS) is 10.4. The molecule has 0 atom stereocenters. The number of esters is 1. The molecule has 0 saturated carbocycles. The Labute approximate surface area is 111 Å². The molecule has 1 rings (SSSR count). The van der Waals surface area contributed by atoms with Crippen LogP contribution in [-0.2, 0) is 9.53 Å². The molecule has 19 heavy (non-hydrogen) atoms. The van der Waals surface area contributed by atoms with E-state index in [9.17, 15) is 14.0 Å². The number of nitrogens with two attached hydrogens (primary N) is 1. The van der Waals surface area contributed by atoms with Crippen LogP contribution in [0.4, 0.5) is 10.1 Å². The summed E-state index contributed by atoms with van der Waals surface area (Å²) in [5, 5.41) is 0. The molecule has 0 unspecified atom stereocenters. The van der Waals surface area contributed by atoms with Gasteiger partial charge in [0.1, 0.15) is 5.82 Å². The minimum absolute atomic E-state index is 0.0210. The van der Waals surface area contributed by atoms with E-state index in [0.29, 0.717) is 0 Å². The lowest BCUT2D eigenvalue weighted by atomic mass is 10.2. The second-order valence-electron chi connectivity index (χ2n) is 4.41. The molecule has 0 radical (unpaired) electrons. The molecule has 1 amide bonds. The van der Waals surface area contributed by atoms with Crippen LogP contribution in [-0.4, -0.2) is 36.5 Å². The second-order valence-corrected chi connectivity index (χ2v) is 4.41. The Hall–Kier alpha value is -2.11. The average molecular weight is 268 g/mol. The molecule has 2 N–H and O–H groups in total. The Morgan fingerprint density at radius 1 is 1.42 bits per heavy atom. The highest BCUT2D eigenvalue weighted by atomic mass is 19.1. The van der Waals surface area contributed by atoms with Gasteiger partial charge in [-0.3, -0.25) is 4.79 Å². The number of hydrogen-bond acceptors (Lipinski definition) is 4. The van der Waals surface area contributed by atoms with Gasteiger partial charge in [0.2, 0.25) is 0 Å². The number of nitrogens with zero attached hydrogens (tertiary/aromatic N) is 1. The number of nitrogen functional groups attached to an aromatic ring is 1. The Kier molecular flexibility index (Phi) is 4.86. The summed E-state index contributed by atoms with van der Waals surface area (Å²) < 4.78 is 17.8. The molecule has 0 fully saturated rings. The van der Waals surface area contributed by atoms with E-state index >= 15 is 0 Å². The summed E-state index contributed by atoms with van der Waals surface area (Å²) in [5.74, 6) is -1.62. The predicted octanol–water partition coefficient (Wildman–Crippen LogP) is 1.43. The number of halogens is 1. The van der Waals surface area contributed by atoms with Crippen LogP contribution in [0.15, 0.2) is 18.2 Å². The van der Waals surface area contributed by atoms with Crippen molar-refractivity contribution in [1.29, 1.82) is 0 Å². The summed E-state index contributed by atoms with van der Waals surface area (Å²) in [7, 11) is 1.62. The summed E-state index contributed by atoms with van der Waals surface area (Å²) in [5.41, 5.74) is 5.32. The third-order valence-electron chi connectivity index (χ3n) is 2.73. The molecule has 104 valence electrons. The maximum Gasteiger partial charge on any atom is 0.338 e. The van der Waals surface area contributed by atoms with Crippen molar-refractivity contribution >= 4 is 17.6 Å². The van der Waals surface area contributed by atoms with E-state index in [1.165, 1.54) is 17.0 Å². The first kappa shape index (κ1) is 14.9. The number of amides is 1. The molecule has 0 aliphatic carbocycles. The predicted molar refractivity (Wildman–Crippen MR) is 69.0 cm³/mol. The Bertz CT molecular complexity index is 489. The second kappa shape index (κ2) is 6.17. The minimum atomic E-state index is -0.711. The van der Waals surface area contributed by atoms with Crippen LogP contribution in [0.25, 0.3) is 0 Å². The average Bonchev–Trinajstić information content (AvgIpc) is 2.37. The molecule has 0 aliphatic rings. The van der Waals surface area contributed by atoms with Gasteiger partial charge in [-0.05, 0) is 32.0 Å². The SMILES string of the molecule is CC(C)N(C)C(=O)COC(=O)c1ccc(F)c(N)c1.